The number of imidazole rings is 1. The molecule has 1 N–H and O–H groups in total. The Morgan fingerprint density at radius 1 is 1.11 bits per heavy atom. The first kappa shape index (κ1) is 16.9. The van der Waals surface area contributed by atoms with Gasteiger partial charge in [0.2, 0.25) is 5.78 Å². The molecule has 0 aliphatic rings. The average molecular weight is 377 g/mol. The maximum absolute atomic E-state index is 13.0. The molecular formula is C20H13ClN4O2. The molecule has 2 heterocycles. The first-order valence-corrected chi connectivity index (χ1v) is 8.44. The molecule has 4 rings (SSSR count). The Morgan fingerprint density at radius 2 is 1.78 bits per heavy atom. The van der Waals surface area contributed by atoms with Gasteiger partial charge in [-0.3, -0.25) is 4.79 Å². The molecule has 0 aliphatic heterocycles. The van der Waals surface area contributed by atoms with Gasteiger partial charge in [-0.25, -0.2) is 9.38 Å². The molecule has 2 aromatic carbocycles. The Morgan fingerprint density at radius 3 is 2.41 bits per heavy atom. The van der Waals surface area contributed by atoms with Crippen molar-refractivity contribution in [1.29, 1.82) is 5.26 Å². The lowest BCUT2D eigenvalue weighted by atomic mass is 10.1. The van der Waals surface area contributed by atoms with Gasteiger partial charge in [0.15, 0.2) is 0 Å². The van der Waals surface area contributed by atoms with Gasteiger partial charge >= 0.3 is 0 Å². The third kappa shape index (κ3) is 2.84. The molecule has 6 nitrogen and oxygen atoms in total. The van der Waals surface area contributed by atoms with Crippen molar-refractivity contribution in [3.63, 3.8) is 0 Å². The van der Waals surface area contributed by atoms with E-state index in [4.69, 9.17) is 16.3 Å². The molecule has 0 saturated carbocycles. The van der Waals surface area contributed by atoms with Gasteiger partial charge < -0.3 is 9.72 Å². The number of hydrogen-bond donors (Lipinski definition) is 1. The molecule has 4 aromatic rings. The fourth-order valence-electron chi connectivity index (χ4n) is 2.94. The standard InChI is InChI=1S/C20H13ClN4O2/c1-27-15-8-4-13(5-9-15)18-16(10-22)19(26)25-17(11-23-20(25)24-18)12-2-6-14(21)7-3-12/h2-9,11H,1H3,(H,23,24). The number of aromatic amines is 1. The Hall–Kier alpha value is -3.56. The van der Waals surface area contributed by atoms with E-state index in [0.29, 0.717) is 33.5 Å². The fourth-order valence-corrected chi connectivity index (χ4v) is 3.07. The van der Waals surface area contributed by atoms with Crippen molar-refractivity contribution in [3.8, 4) is 34.3 Å². The zero-order valence-electron chi connectivity index (χ0n) is 14.2. The number of aromatic nitrogens is 3. The zero-order chi connectivity index (χ0) is 19.0. The second kappa shape index (κ2) is 6.63. The lowest BCUT2D eigenvalue weighted by Crippen LogP contribution is -2.19. The second-order valence-corrected chi connectivity index (χ2v) is 6.27. The monoisotopic (exact) mass is 376 g/mol. The molecule has 0 bridgehead atoms. The van der Waals surface area contributed by atoms with Crippen LogP contribution in [0, 0.1) is 11.3 Å². The van der Waals surface area contributed by atoms with Crippen molar-refractivity contribution >= 4 is 17.4 Å². The van der Waals surface area contributed by atoms with Gasteiger partial charge in [0.25, 0.3) is 5.56 Å². The summed E-state index contributed by atoms with van der Waals surface area (Å²) in [7, 11) is 1.58. The number of nitrogens with zero attached hydrogens (tertiary/aromatic N) is 3. The molecule has 0 saturated heterocycles. The van der Waals surface area contributed by atoms with Crippen LogP contribution in [0.4, 0.5) is 0 Å². The van der Waals surface area contributed by atoms with Crippen LogP contribution in [0.25, 0.3) is 28.3 Å². The van der Waals surface area contributed by atoms with Crippen LogP contribution in [0.5, 0.6) is 5.75 Å². The summed E-state index contributed by atoms with van der Waals surface area (Å²) >= 11 is 5.94. The van der Waals surface area contributed by atoms with E-state index in [1.165, 1.54) is 4.40 Å². The van der Waals surface area contributed by atoms with E-state index >= 15 is 0 Å². The van der Waals surface area contributed by atoms with Gasteiger partial charge in [-0.15, -0.1) is 0 Å². The summed E-state index contributed by atoms with van der Waals surface area (Å²) in [4.78, 5) is 20.4. The summed E-state index contributed by atoms with van der Waals surface area (Å²) in [6.07, 6.45) is 1.59. The predicted molar refractivity (Wildman–Crippen MR) is 103 cm³/mol. The predicted octanol–water partition coefficient (Wildman–Crippen LogP) is 3.89. The minimum absolute atomic E-state index is 0.0147. The van der Waals surface area contributed by atoms with Gasteiger partial charge in [-0.2, -0.15) is 5.26 Å². The zero-order valence-corrected chi connectivity index (χ0v) is 15.0. The van der Waals surface area contributed by atoms with Crippen LogP contribution in [0.15, 0.2) is 59.5 Å². The highest BCUT2D eigenvalue weighted by Gasteiger charge is 2.17. The quantitative estimate of drug-likeness (QED) is 0.588. The highest BCUT2D eigenvalue weighted by atomic mass is 35.5. The first-order chi connectivity index (χ1) is 13.1. The van der Waals surface area contributed by atoms with Crippen LogP contribution in [0.1, 0.15) is 5.56 Å². The third-order valence-electron chi connectivity index (χ3n) is 4.30. The van der Waals surface area contributed by atoms with Gasteiger partial charge in [0.05, 0.1) is 24.7 Å². The third-order valence-corrected chi connectivity index (χ3v) is 4.55. The molecule has 2 aromatic heterocycles. The topological polar surface area (TPSA) is 83.2 Å². The van der Waals surface area contributed by atoms with Crippen molar-refractivity contribution in [2.75, 3.05) is 7.11 Å². The first-order valence-electron chi connectivity index (χ1n) is 8.06. The lowest BCUT2D eigenvalue weighted by molar-refractivity contribution is 0.415. The number of methoxy groups -OCH3 is 1. The second-order valence-electron chi connectivity index (χ2n) is 5.83. The lowest BCUT2D eigenvalue weighted by Gasteiger charge is -2.08. The molecule has 0 fully saturated rings. The fraction of sp³-hybridized carbons (Fsp3) is 0.0500. The van der Waals surface area contributed by atoms with Gasteiger partial charge in [-0.05, 0) is 42.0 Å². The van der Waals surface area contributed by atoms with Crippen molar-refractivity contribution < 1.29 is 4.74 Å². The summed E-state index contributed by atoms with van der Waals surface area (Å²) < 4.78 is 6.55. The molecule has 7 heteroatoms. The number of rotatable bonds is 3. The molecule has 27 heavy (non-hydrogen) atoms. The Labute approximate surface area is 159 Å². The number of benzene rings is 2. The number of hydrogen-bond acceptors (Lipinski definition) is 4. The molecule has 0 spiro atoms. The normalized spacial score (nSPS) is 10.7. The van der Waals surface area contributed by atoms with Crippen molar-refractivity contribution in [3.05, 3.63) is 75.7 Å². The number of halogens is 1. The van der Waals surface area contributed by atoms with E-state index in [0.717, 1.165) is 5.56 Å². The van der Waals surface area contributed by atoms with Gasteiger partial charge in [0, 0.05) is 10.6 Å². The number of fused-ring (bicyclic) bond motifs is 1. The average Bonchev–Trinajstić information content (AvgIpc) is 3.13. The van der Waals surface area contributed by atoms with Crippen LogP contribution >= 0.6 is 11.6 Å². The molecule has 0 unspecified atom stereocenters. The maximum atomic E-state index is 13.0. The van der Waals surface area contributed by atoms with Gasteiger partial charge in [0.1, 0.15) is 17.4 Å². The summed E-state index contributed by atoms with van der Waals surface area (Å²) in [5.74, 6) is 1.04. The number of H-pyrrole nitrogens is 1. The number of ether oxygens (including phenoxy) is 1. The molecular weight excluding hydrogens is 364 g/mol. The Balaban J connectivity index is 1.95. The summed E-state index contributed by atoms with van der Waals surface area (Å²) in [6.45, 7) is 0. The van der Waals surface area contributed by atoms with Crippen molar-refractivity contribution in [1.82, 2.24) is 14.4 Å². The minimum atomic E-state index is -0.431. The Bertz CT molecular complexity index is 1230. The smallest absolute Gasteiger partial charge is 0.278 e. The van der Waals surface area contributed by atoms with Crippen molar-refractivity contribution in [2.45, 2.75) is 0 Å². The van der Waals surface area contributed by atoms with E-state index < -0.39 is 5.56 Å². The van der Waals surface area contributed by atoms with Crippen LogP contribution in [0.2, 0.25) is 5.02 Å². The number of nitriles is 1. The maximum Gasteiger partial charge on any atom is 0.278 e. The molecule has 0 radical (unpaired) electrons. The molecule has 0 aliphatic carbocycles. The highest BCUT2D eigenvalue weighted by molar-refractivity contribution is 6.30. The molecule has 132 valence electrons. The largest absolute Gasteiger partial charge is 0.497 e. The Kier molecular flexibility index (Phi) is 4.15. The van der Waals surface area contributed by atoms with E-state index in [9.17, 15) is 10.1 Å². The van der Waals surface area contributed by atoms with Gasteiger partial charge in [-0.1, -0.05) is 23.7 Å². The SMILES string of the molecule is COc1ccc(-c2[nH]c3ncc(-c4ccc(Cl)cc4)n3c(=O)c2C#N)cc1. The molecule has 0 amide bonds. The summed E-state index contributed by atoms with van der Waals surface area (Å²) in [5.41, 5.74) is 2.06. The highest BCUT2D eigenvalue weighted by Crippen LogP contribution is 2.25. The minimum Gasteiger partial charge on any atom is -0.497 e. The van der Waals surface area contributed by atoms with E-state index in [1.54, 1.807) is 61.8 Å². The van der Waals surface area contributed by atoms with Crippen molar-refractivity contribution in [2.24, 2.45) is 0 Å². The van der Waals surface area contributed by atoms with E-state index in [2.05, 4.69) is 9.97 Å². The van der Waals surface area contributed by atoms with Crippen LogP contribution < -0.4 is 10.3 Å². The van der Waals surface area contributed by atoms with Crippen LogP contribution in [-0.4, -0.2) is 21.5 Å². The van der Waals surface area contributed by atoms with Crippen LogP contribution in [-0.2, 0) is 0 Å². The van der Waals surface area contributed by atoms with E-state index in [-0.39, 0.29) is 5.56 Å². The summed E-state index contributed by atoms with van der Waals surface area (Å²) in [6, 6.07) is 16.2. The van der Waals surface area contributed by atoms with Crippen LogP contribution in [0.3, 0.4) is 0 Å². The number of nitrogens with one attached hydrogen (secondary N) is 1. The van der Waals surface area contributed by atoms with E-state index in [1.807, 2.05) is 6.07 Å². The summed E-state index contributed by atoms with van der Waals surface area (Å²) in [5, 5.41) is 10.2. The molecule has 0 atom stereocenters.